The fourth-order valence-corrected chi connectivity index (χ4v) is 3.05. The first-order valence-corrected chi connectivity index (χ1v) is 7.73. The van der Waals surface area contributed by atoms with Crippen LogP contribution in [0.25, 0.3) is 0 Å². The van der Waals surface area contributed by atoms with E-state index in [1.807, 2.05) is 0 Å². The summed E-state index contributed by atoms with van der Waals surface area (Å²) in [4.78, 5) is 12.3. The quantitative estimate of drug-likeness (QED) is 0.742. The molecule has 122 valence electrons. The molecular formula is C12H18F3NO4S. The number of amides is 1. The van der Waals surface area contributed by atoms with Crippen molar-refractivity contribution in [2.45, 2.75) is 38.8 Å². The van der Waals surface area contributed by atoms with E-state index in [9.17, 15) is 26.4 Å². The Hall–Kier alpha value is -1.25. The minimum Gasteiger partial charge on any atom is -0.444 e. The number of halogens is 3. The Morgan fingerprint density at radius 1 is 1.33 bits per heavy atom. The minimum absolute atomic E-state index is 0.143. The molecule has 9 heteroatoms. The Morgan fingerprint density at radius 2 is 1.86 bits per heavy atom. The number of rotatable bonds is 1. The Bertz CT molecular complexity index is 546. The highest BCUT2D eigenvalue weighted by molar-refractivity contribution is 7.96. The SMILES string of the molecule is CC1CN(C(=O)OC(C)(C)C)CC=C1S(=O)(=O)C(F)(F)F. The zero-order valence-corrected chi connectivity index (χ0v) is 13.0. The molecule has 0 fully saturated rings. The van der Waals surface area contributed by atoms with Crippen molar-refractivity contribution in [1.82, 2.24) is 4.90 Å². The third-order valence-electron chi connectivity index (χ3n) is 2.76. The van der Waals surface area contributed by atoms with Gasteiger partial charge < -0.3 is 9.64 Å². The lowest BCUT2D eigenvalue weighted by molar-refractivity contribution is -0.0430. The maximum Gasteiger partial charge on any atom is 0.501 e. The molecule has 1 aliphatic rings. The molecule has 1 atom stereocenters. The van der Waals surface area contributed by atoms with E-state index in [2.05, 4.69) is 0 Å². The van der Waals surface area contributed by atoms with Crippen LogP contribution in [-0.2, 0) is 14.6 Å². The van der Waals surface area contributed by atoms with Gasteiger partial charge in [0.1, 0.15) is 5.60 Å². The number of hydrogen-bond donors (Lipinski definition) is 0. The van der Waals surface area contributed by atoms with Crippen LogP contribution >= 0.6 is 0 Å². The lowest BCUT2D eigenvalue weighted by Gasteiger charge is -2.32. The smallest absolute Gasteiger partial charge is 0.444 e. The molecule has 0 radical (unpaired) electrons. The van der Waals surface area contributed by atoms with Crippen molar-refractivity contribution >= 4 is 15.9 Å². The van der Waals surface area contributed by atoms with Crippen molar-refractivity contribution in [3.63, 3.8) is 0 Å². The molecule has 0 spiro atoms. The number of nitrogens with zero attached hydrogens (tertiary/aromatic N) is 1. The lowest BCUT2D eigenvalue weighted by Crippen LogP contribution is -2.43. The minimum atomic E-state index is -5.35. The molecule has 0 saturated heterocycles. The second-order valence-corrected chi connectivity index (χ2v) is 7.78. The highest BCUT2D eigenvalue weighted by Crippen LogP contribution is 2.35. The van der Waals surface area contributed by atoms with Crippen LogP contribution in [0, 0.1) is 5.92 Å². The van der Waals surface area contributed by atoms with Crippen molar-refractivity contribution in [3.05, 3.63) is 11.0 Å². The van der Waals surface area contributed by atoms with Crippen molar-refractivity contribution in [3.8, 4) is 0 Å². The standard InChI is InChI=1S/C12H18F3NO4S/c1-8-7-16(10(17)20-11(2,3)4)6-5-9(8)21(18,19)12(13,14)15/h5,8H,6-7H2,1-4H3. The van der Waals surface area contributed by atoms with Gasteiger partial charge in [-0.3, -0.25) is 0 Å². The molecule has 0 saturated carbocycles. The summed E-state index contributed by atoms with van der Waals surface area (Å²) in [6.45, 7) is 5.93. The molecule has 0 bridgehead atoms. The van der Waals surface area contributed by atoms with Gasteiger partial charge in [0.15, 0.2) is 0 Å². The van der Waals surface area contributed by atoms with Crippen LogP contribution in [0.1, 0.15) is 27.7 Å². The summed E-state index contributed by atoms with van der Waals surface area (Å²) < 4.78 is 65.5. The number of ether oxygens (including phenoxy) is 1. The van der Waals surface area contributed by atoms with E-state index < -0.39 is 37.9 Å². The molecule has 0 aromatic heterocycles. The normalized spacial score (nSPS) is 21.0. The summed E-state index contributed by atoms with van der Waals surface area (Å²) in [5.74, 6) is -0.946. The van der Waals surface area contributed by atoms with Crippen molar-refractivity contribution < 1.29 is 31.1 Å². The van der Waals surface area contributed by atoms with E-state index in [-0.39, 0.29) is 13.1 Å². The number of hydrogen-bond acceptors (Lipinski definition) is 4. The molecule has 5 nitrogen and oxygen atoms in total. The van der Waals surface area contributed by atoms with E-state index in [1.165, 1.54) is 11.8 Å². The monoisotopic (exact) mass is 329 g/mol. The Balaban J connectivity index is 2.93. The largest absolute Gasteiger partial charge is 0.501 e. The van der Waals surface area contributed by atoms with Crippen LogP contribution in [0.5, 0.6) is 0 Å². The molecule has 0 aromatic rings. The van der Waals surface area contributed by atoms with Gasteiger partial charge in [-0.15, -0.1) is 0 Å². The van der Waals surface area contributed by atoms with Crippen LogP contribution in [0.3, 0.4) is 0 Å². The average Bonchev–Trinajstić information content (AvgIpc) is 2.24. The molecule has 1 aliphatic heterocycles. The van der Waals surface area contributed by atoms with E-state index in [0.29, 0.717) is 0 Å². The Kier molecular flexibility index (Phi) is 4.67. The zero-order valence-electron chi connectivity index (χ0n) is 12.2. The highest BCUT2D eigenvalue weighted by Gasteiger charge is 2.50. The van der Waals surface area contributed by atoms with Gasteiger partial charge >= 0.3 is 11.6 Å². The van der Waals surface area contributed by atoms with Crippen LogP contribution in [-0.4, -0.2) is 43.6 Å². The first-order valence-electron chi connectivity index (χ1n) is 6.25. The average molecular weight is 329 g/mol. The molecule has 0 aliphatic carbocycles. The van der Waals surface area contributed by atoms with Gasteiger partial charge in [-0.25, -0.2) is 13.2 Å². The highest BCUT2D eigenvalue weighted by atomic mass is 32.2. The summed E-state index contributed by atoms with van der Waals surface area (Å²) in [6.07, 6.45) is 0.232. The first kappa shape index (κ1) is 17.8. The predicted molar refractivity (Wildman–Crippen MR) is 70.0 cm³/mol. The van der Waals surface area contributed by atoms with Gasteiger partial charge in [-0.2, -0.15) is 13.2 Å². The maximum atomic E-state index is 12.5. The third kappa shape index (κ3) is 4.12. The van der Waals surface area contributed by atoms with E-state index >= 15 is 0 Å². The molecular weight excluding hydrogens is 311 g/mol. The molecule has 0 aromatic carbocycles. The van der Waals surface area contributed by atoms with Gasteiger partial charge in [0.05, 0.1) is 4.91 Å². The lowest BCUT2D eigenvalue weighted by atomic mass is 10.1. The summed E-state index contributed by atoms with van der Waals surface area (Å²) >= 11 is 0. The van der Waals surface area contributed by atoms with Crippen LogP contribution in [0.2, 0.25) is 0 Å². The number of alkyl halides is 3. The number of carbonyl (C=O) groups excluding carboxylic acids is 1. The second-order valence-electron chi connectivity index (χ2n) is 5.84. The second kappa shape index (κ2) is 5.51. The fourth-order valence-electron chi connectivity index (χ4n) is 1.88. The van der Waals surface area contributed by atoms with E-state index in [4.69, 9.17) is 4.74 Å². The topological polar surface area (TPSA) is 63.7 Å². The van der Waals surface area contributed by atoms with Crippen molar-refractivity contribution in [2.24, 2.45) is 5.92 Å². The summed E-state index contributed by atoms with van der Waals surface area (Å²) in [5.41, 5.74) is -6.07. The van der Waals surface area contributed by atoms with Crippen molar-refractivity contribution in [1.29, 1.82) is 0 Å². The van der Waals surface area contributed by atoms with Crippen molar-refractivity contribution in [2.75, 3.05) is 13.1 Å². The molecule has 1 unspecified atom stereocenters. The fraction of sp³-hybridized carbons (Fsp3) is 0.750. The summed E-state index contributed by atoms with van der Waals surface area (Å²) in [5, 5.41) is 0. The van der Waals surface area contributed by atoms with Crippen LogP contribution in [0.15, 0.2) is 11.0 Å². The Labute approximate surface area is 121 Å². The summed E-state index contributed by atoms with van der Waals surface area (Å²) in [7, 11) is -5.35. The molecule has 1 amide bonds. The molecule has 21 heavy (non-hydrogen) atoms. The zero-order chi connectivity index (χ0) is 16.6. The predicted octanol–water partition coefficient (Wildman–Crippen LogP) is 2.69. The van der Waals surface area contributed by atoms with Crippen LogP contribution < -0.4 is 0 Å². The summed E-state index contributed by atoms with van der Waals surface area (Å²) in [6, 6.07) is 0. The third-order valence-corrected chi connectivity index (χ3v) is 4.56. The molecule has 1 rings (SSSR count). The van der Waals surface area contributed by atoms with Gasteiger partial charge in [0.2, 0.25) is 0 Å². The van der Waals surface area contributed by atoms with E-state index in [1.54, 1.807) is 20.8 Å². The maximum absolute atomic E-state index is 12.5. The van der Waals surface area contributed by atoms with E-state index in [0.717, 1.165) is 6.08 Å². The molecule has 0 N–H and O–H groups in total. The van der Waals surface area contributed by atoms with Crippen LogP contribution in [0.4, 0.5) is 18.0 Å². The van der Waals surface area contributed by atoms with Gasteiger partial charge in [-0.05, 0) is 26.8 Å². The van der Waals surface area contributed by atoms with Gasteiger partial charge in [0.25, 0.3) is 9.84 Å². The van der Waals surface area contributed by atoms with Gasteiger partial charge in [0, 0.05) is 19.0 Å². The Morgan fingerprint density at radius 3 is 2.24 bits per heavy atom. The molecule has 1 heterocycles. The number of carbonyl (C=O) groups is 1. The first-order chi connectivity index (χ1) is 9.25. The number of sulfone groups is 1. The van der Waals surface area contributed by atoms with Gasteiger partial charge in [-0.1, -0.05) is 6.92 Å².